The number of aliphatic carboxylic acids is 2. The van der Waals surface area contributed by atoms with Gasteiger partial charge >= 0.3 is 11.9 Å². The molecule has 0 bridgehead atoms. The highest BCUT2D eigenvalue weighted by molar-refractivity contribution is 5.99. The van der Waals surface area contributed by atoms with Crippen LogP contribution in [0.2, 0.25) is 0 Å². The summed E-state index contributed by atoms with van der Waals surface area (Å²) in [6.45, 7) is 8.52. The largest absolute Gasteiger partial charge is 0.481 e. The Balaban J connectivity index is 5.07. The summed E-state index contributed by atoms with van der Waals surface area (Å²) >= 11 is 0. The van der Waals surface area contributed by atoms with E-state index in [1.165, 1.54) is 0 Å². The number of Topliss-reactive ketones (excluding diaryl/α,β-unsaturated/α-hetero) is 2. The summed E-state index contributed by atoms with van der Waals surface area (Å²) in [4.78, 5) is 48.7. The molecule has 0 saturated heterocycles. The molecule has 0 spiro atoms. The standard InChI is InChI=1S/C18H31NO6/c1-5-13(17(22)23)15(20)10-9-12(19(7-3)8-4)11-16(21)14(6-2)18(24)25/h12-14H,5-11H2,1-4H3,(H,22,23)(H,24,25). The van der Waals surface area contributed by atoms with E-state index >= 15 is 0 Å². The first-order valence-corrected chi connectivity index (χ1v) is 8.98. The fraction of sp³-hybridized carbons (Fsp3) is 0.778. The quantitative estimate of drug-likeness (QED) is 0.458. The van der Waals surface area contributed by atoms with Crippen LogP contribution < -0.4 is 0 Å². The Morgan fingerprint density at radius 2 is 1.24 bits per heavy atom. The second-order valence-corrected chi connectivity index (χ2v) is 6.15. The maximum absolute atomic E-state index is 12.3. The molecular formula is C18H31NO6. The van der Waals surface area contributed by atoms with E-state index in [1.807, 2.05) is 18.7 Å². The average molecular weight is 357 g/mol. The van der Waals surface area contributed by atoms with Crippen molar-refractivity contribution in [1.29, 1.82) is 0 Å². The summed E-state index contributed by atoms with van der Waals surface area (Å²) < 4.78 is 0. The van der Waals surface area contributed by atoms with Crippen LogP contribution in [0.3, 0.4) is 0 Å². The molecule has 0 aromatic carbocycles. The minimum absolute atomic E-state index is 0.0592. The molecule has 0 fully saturated rings. The van der Waals surface area contributed by atoms with Crippen molar-refractivity contribution in [3.63, 3.8) is 0 Å². The number of ketones is 2. The molecule has 7 heteroatoms. The molecule has 0 radical (unpaired) electrons. The topological polar surface area (TPSA) is 112 Å². The molecule has 0 aliphatic heterocycles. The highest BCUT2D eigenvalue weighted by Crippen LogP contribution is 2.19. The Bertz CT molecular complexity index is 472. The zero-order valence-electron chi connectivity index (χ0n) is 15.7. The first kappa shape index (κ1) is 23.2. The van der Waals surface area contributed by atoms with E-state index in [9.17, 15) is 19.2 Å². The highest BCUT2D eigenvalue weighted by Gasteiger charge is 2.30. The van der Waals surface area contributed by atoms with Gasteiger partial charge in [-0.3, -0.25) is 19.2 Å². The first-order chi connectivity index (χ1) is 11.7. The lowest BCUT2D eigenvalue weighted by molar-refractivity contribution is -0.148. The molecule has 0 aliphatic carbocycles. The van der Waals surface area contributed by atoms with Gasteiger partial charge in [-0.05, 0) is 32.4 Å². The summed E-state index contributed by atoms with van der Waals surface area (Å²) in [6, 6.07) is -0.258. The zero-order chi connectivity index (χ0) is 19.6. The van der Waals surface area contributed by atoms with Crippen LogP contribution >= 0.6 is 0 Å². The second kappa shape index (κ2) is 11.7. The summed E-state index contributed by atoms with van der Waals surface area (Å²) in [7, 11) is 0. The minimum Gasteiger partial charge on any atom is -0.481 e. The van der Waals surface area contributed by atoms with Gasteiger partial charge in [0.05, 0.1) is 0 Å². The Morgan fingerprint density at radius 1 is 0.800 bits per heavy atom. The third-order valence-corrected chi connectivity index (χ3v) is 4.68. The van der Waals surface area contributed by atoms with E-state index in [0.29, 0.717) is 19.5 Å². The smallest absolute Gasteiger partial charge is 0.314 e. The maximum Gasteiger partial charge on any atom is 0.314 e. The lowest BCUT2D eigenvalue weighted by Crippen LogP contribution is -2.39. The number of carboxylic acid groups (broad SMARTS) is 2. The third kappa shape index (κ3) is 7.34. The van der Waals surface area contributed by atoms with Crippen molar-refractivity contribution in [3.8, 4) is 0 Å². The van der Waals surface area contributed by atoms with Gasteiger partial charge in [-0.2, -0.15) is 0 Å². The molecule has 0 aromatic rings. The number of carbonyl (C=O) groups excluding carboxylic acids is 2. The molecule has 0 rings (SSSR count). The highest BCUT2D eigenvalue weighted by atomic mass is 16.4. The number of carbonyl (C=O) groups is 4. The number of rotatable bonds is 14. The van der Waals surface area contributed by atoms with E-state index in [2.05, 4.69) is 0 Å². The number of hydrogen-bond acceptors (Lipinski definition) is 5. The van der Waals surface area contributed by atoms with Crippen LogP contribution in [-0.4, -0.2) is 57.7 Å². The van der Waals surface area contributed by atoms with E-state index in [-0.39, 0.29) is 43.3 Å². The van der Waals surface area contributed by atoms with Gasteiger partial charge in [-0.25, -0.2) is 0 Å². The maximum atomic E-state index is 12.3. The lowest BCUT2D eigenvalue weighted by atomic mass is 9.90. The lowest BCUT2D eigenvalue weighted by Gasteiger charge is -2.30. The Labute approximate surface area is 149 Å². The third-order valence-electron chi connectivity index (χ3n) is 4.68. The fourth-order valence-corrected chi connectivity index (χ4v) is 3.09. The monoisotopic (exact) mass is 357 g/mol. The van der Waals surface area contributed by atoms with Crippen LogP contribution in [0.15, 0.2) is 0 Å². The van der Waals surface area contributed by atoms with Gasteiger partial charge in [0.25, 0.3) is 0 Å². The summed E-state index contributed by atoms with van der Waals surface area (Å²) in [5.41, 5.74) is 0. The second-order valence-electron chi connectivity index (χ2n) is 6.15. The molecule has 3 unspecified atom stereocenters. The summed E-state index contributed by atoms with van der Waals surface area (Å²) in [5, 5.41) is 18.2. The van der Waals surface area contributed by atoms with Crippen LogP contribution in [0.1, 0.15) is 59.8 Å². The molecule has 0 aliphatic rings. The number of hydrogen-bond donors (Lipinski definition) is 2. The molecule has 3 atom stereocenters. The number of nitrogens with zero attached hydrogens (tertiary/aromatic N) is 1. The molecule has 25 heavy (non-hydrogen) atoms. The Kier molecular flexibility index (Phi) is 10.9. The van der Waals surface area contributed by atoms with Crippen LogP contribution in [-0.2, 0) is 19.2 Å². The molecule has 2 N–H and O–H groups in total. The van der Waals surface area contributed by atoms with Crippen molar-refractivity contribution in [3.05, 3.63) is 0 Å². The van der Waals surface area contributed by atoms with Gasteiger partial charge < -0.3 is 15.1 Å². The van der Waals surface area contributed by atoms with Crippen molar-refractivity contribution in [2.75, 3.05) is 13.1 Å². The Morgan fingerprint density at radius 3 is 1.60 bits per heavy atom. The van der Waals surface area contributed by atoms with Gasteiger partial charge in [-0.1, -0.05) is 27.7 Å². The van der Waals surface area contributed by atoms with Gasteiger partial charge in [0, 0.05) is 18.9 Å². The molecule has 0 aromatic heterocycles. The molecule has 0 amide bonds. The normalized spacial score (nSPS) is 14.8. The number of carboxylic acids is 2. The molecule has 7 nitrogen and oxygen atoms in total. The molecule has 0 heterocycles. The van der Waals surface area contributed by atoms with E-state index in [4.69, 9.17) is 10.2 Å². The van der Waals surface area contributed by atoms with Crippen LogP contribution in [0.5, 0.6) is 0 Å². The predicted octanol–water partition coefficient (Wildman–Crippen LogP) is 2.23. The van der Waals surface area contributed by atoms with E-state index in [0.717, 1.165) is 0 Å². The van der Waals surface area contributed by atoms with Crippen LogP contribution in [0, 0.1) is 11.8 Å². The Hall–Kier alpha value is -1.76. The van der Waals surface area contributed by atoms with Crippen molar-refractivity contribution >= 4 is 23.5 Å². The van der Waals surface area contributed by atoms with Crippen molar-refractivity contribution in [1.82, 2.24) is 4.90 Å². The average Bonchev–Trinajstić information content (AvgIpc) is 2.53. The zero-order valence-corrected chi connectivity index (χ0v) is 15.7. The molecule has 144 valence electrons. The SMILES string of the molecule is CCC(C(=O)O)C(=O)CCC(CC(=O)C(CC)C(=O)O)N(CC)CC. The van der Waals surface area contributed by atoms with Gasteiger partial charge in [0.2, 0.25) is 0 Å². The first-order valence-electron chi connectivity index (χ1n) is 8.98. The van der Waals surface area contributed by atoms with Gasteiger partial charge in [0.15, 0.2) is 0 Å². The van der Waals surface area contributed by atoms with Gasteiger partial charge in [-0.15, -0.1) is 0 Å². The van der Waals surface area contributed by atoms with Crippen LogP contribution in [0.25, 0.3) is 0 Å². The van der Waals surface area contributed by atoms with E-state index < -0.39 is 23.8 Å². The minimum atomic E-state index is -1.13. The van der Waals surface area contributed by atoms with Crippen molar-refractivity contribution < 1.29 is 29.4 Å². The van der Waals surface area contributed by atoms with Crippen LogP contribution in [0.4, 0.5) is 0 Å². The summed E-state index contributed by atoms with van der Waals surface area (Å²) in [5.74, 6) is -4.99. The van der Waals surface area contributed by atoms with Crippen molar-refractivity contribution in [2.24, 2.45) is 11.8 Å². The molecular weight excluding hydrogens is 326 g/mol. The van der Waals surface area contributed by atoms with Gasteiger partial charge in [0.1, 0.15) is 23.4 Å². The fourth-order valence-electron chi connectivity index (χ4n) is 3.09. The molecule has 0 saturated carbocycles. The summed E-state index contributed by atoms with van der Waals surface area (Å²) in [6.07, 6.45) is 0.952. The van der Waals surface area contributed by atoms with Crippen molar-refractivity contribution in [2.45, 2.75) is 65.8 Å². The predicted molar refractivity (Wildman–Crippen MR) is 93.4 cm³/mol. The van der Waals surface area contributed by atoms with E-state index in [1.54, 1.807) is 13.8 Å².